The number of phenolic OH excluding ortho intramolecular Hbond substituents is 1. The molecule has 23 N–H and O–H groups in total. The van der Waals surface area contributed by atoms with Gasteiger partial charge in [-0.15, -0.1) is 11.8 Å². The number of likely N-dealkylation sites (N-methyl/N-ethyl adjacent to an activating group) is 3. The summed E-state index contributed by atoms with van der Waals surface area (Å²) in [6.45, 7) is 5.20. The Morgan fingerprint density at radius 1 is 0.570 bits per heavy atom. The molecule has 43 nitrogen and oxygen atoms in total. The number of nitrogens with two attached hydrogens (primary N) is 4. The minimum atomic E-state index is -1.89. The number of aromatic amines is 3. The zero-order valence-electron chi connectivity index (χ0n) is 77.2. The smallest absolute Gasteiger partial charge is 0.303 e. The van der Waals surface area contributed by atoms with Crippen LogP contribution >= 0.6 is 11.8 Å². The van der Waals surface area contributed by atoms with Crippen molar-refractivity contribution >= 4 is 140 Å². The molecule has 6 aromatic rings. The fraction of sp³-hybridized carbons (Fsp3) is 0.527. The molecule has 0 saturated carbocycles. The van der Waals surface area contributed by atoms with Gasteiger partial charge in [0.15, 0.2) is 5.78 Å². The number of aromatic nitrogens is 4. The number of benzene rings is 3. The van der Waals surface area contributed by atoms with Gasteiger partial charge in [0.1, 0.15) is 72.2 Å². The van der Waals surface area contributed by atoms with E-state index in [2.05, 4.69) is 67.8 Å². The number of unbranched alkanes of at least 4 members (excludes halogenated alkanes) is 2. The van der Waals surface area contributed by atoms with Gasteiger partial charge in [0.2, 0.25) is 94.5 Å². The zero-order chi connectivity index (χ0) is 99.0. The van der Waals surface area contributed by atoms with Gasteiger partial charge < -0.3 is 126 Å². The van der Waals surface area contributed by atoms with Gasteiger partial charge in [-0.1, -0.05) is 102 Å². The first-order valence-electron chi connectivity index (χ1n) is 45.1. The summed E-state index contributed by atoms with van der Waals surface area (Å²) < 4.78 is 0. The highest BCUT2D eigenvalue weighted by Crippen LogP contribution is 2.30. The third-order valence-electron chi connectivity index (χ3n) is 23.8. The number of nitrogens with one attached hydrogen (secondary N) is 12. The molecule has 2 aliphatic heterocycles. The number of hydrogen-bond acceptors (Lipinski definition) is 24. The van der Waals surface area contributed by atoms with Gasteiger partial charge in [-0.05, 0) is 98.9 Å². The van der Waals surface area contributed by atoms with Gasteiger partial charge in [0.05, 0.1) is 43.7 Å². The maximum atomic E-state index is 15.8. The lowest BCUT2D eigenvalue weighted by atomic mass is 9.90. The number of ketones is 1. The van der Waals surface area contributed by atoms with Crippen molar-refractivity contribution in [3.8, 4) is 5.75 Å². The number of primary amides is 2. The van der Waals surface area contributed by atoms with E-state index < -0.39 is 267 Å². The Bertz CT molecular complexity index is 5170. The molecule has 0 radical (unpaired) electrons. The van der Waals surface area contributed by atoms with E-state index in [0.29, 0.717) is 64.2 Å². The quantitative estimate of drug-likeness (QED) is 0.0251. The number of para-hydroxylation sites is 2. The first-order valence-corrected chi connectivity index (χ1v) is 46.3. The number of carbonyl (C=O) groups is 18. The Kier molecular flexibility index (Phi) is 41.0. The molecule has 2 aliphatic rings. The molecule has 0 bridgehead atoms. The molecule has 16 amide bonds. The number of thioether (sulfide) groups is 1. The summed E-state index contributed by atoms with van der Waals surface area (Å²) in [5, 5.41) is 56.7. The van der Waals surface area contributed by atoms with Crippen molar-refractivity contribution in [1.29, 1.82) is 0 Å². The maximum Gasteiger partial charge on any atom is 0.303 e. The lowest BCUT2D eigenvalue weighted by Crippen LogP contribution is -2.60. The van der Waals surface area contributed by atoms with Crippen LogP contribution in [0.15, 0.2) is 97.7 Å². The average Bonchev–Trinajstić information content (AvgIpc) is 1.73. The summed E-state index contributed by atoms with van der Waals surface area (Å²) in [7, 11) is 3.95. The molecular formula is C91H128N22O21S. The number of imidazole rings is 1. The number of aliphatic hydroxyl groups excluding tert-OH is 1. The van der Waals surface area contributed by atoms with E-state index in [9.17, 15) is 68.1 Å². The third-order valence-corrected chi connectivity index (χ3v) is 24.8. The van der Waals surface area contributed by atoms with Gasteiger partial charge in [-0.25, -0.2) is 4.98 Å². The number of carbonyl (C=O) groups excluding carboxylic acids is 17. The zero-order valence-corrected chi connectivity index (χ0v) is 78.0. The lowest BCUT2D eigenvalue weighted by molar-refractivity contribution is -0.149. The van der Waals surface area contributed by atoms with E-state index in [0.717, 1.165) is 26.5 Å². The number of rotatable bonds is 28. The summed E-state index contributed by atoms with van der Waals surface area (Å²) >= 11 is 0.779. The van der Waals surface area contributed by atoms with Crippen LogP contribution in [0.3, 0.4) is 0 Å². The van der Waals surface area contributed by atoms with Crippen LogP contribution in [0.1, 0.15) is 140 Å². The lowest BCUT2D eigenvalue weighted by Gasteiger charge is -2.36. The molecule has 0 aliphatic carbocycles. The molecule has 3 aromatic carbocycles. The molecule has 8 rings (SSSR count). The van der Waals surface area contributed by atoms with E-state index in [-0.39, 0.29) is 75.4 Å². The predicted octanol–water partition coefficient (Wildman–Crippen LogP) is -2.08. The van der Waals surface area contributed by atoms with Gasteiger partial charge in [0, 0.05) is 137 Å². The maximum absolute atomic E-state index is 15.8. The molecular weight excluding hydrogens is 1770 g/mol. The number of H-pyrrole nitrogens is 3. The molecule has 3 aromatic heterocycles. The van der Waals surface area contributed by atoms with E-state index in [1.54, 1.807) is 74.8 Å². The highest BCUT2D eigenvalue weighted by atomic mass is 32.2. The number of aromatic hydroxyl groups is 1. The van der Waals surface area contributed by atoms with Gasteiger partial charge in [-0.3, -0.25) is 86.3 Å². The van der Waals surface area contributed by atoms with E-state index in [4.69, 9.17) is 22.9 Å². The van der Waals surface area contributed by atoms with Crippen molar-refractivity contribution in [2.75, 3.05) is 71.9 Å². The van der Waals surface area contributed by atoms with Crippen LogP contribution < -0.4 is 70.8 Å². The van der Waals surface area contributed by atoms with Gasteiger partial charge in [-0.2, -0.15) is 0 Å². The number of Topliss-reactive ketones (excluding diaryl/α,β-unsaturated/α-hetero) is 1. The van der Waals surface area contributed by atoms with Crippen molar-refractivity contribution in [2.45, 2.75) is 222 Å². The van der Waals surface area contributed by atoms with Crippen LogP contribution in [-0.4, -0.2) is 317 Å². The fourth-order valence-electron chi connectivity index (χ4n) is 16.3. The minimum Gasteiger partial charge on any atom is -0.508 e. The van der Waals surface area contributed by atoms with Gasteiger partial charge in [0.25, 0.3) is 0 Å². The van der Waals surface area contributed by atoms with Crippen LogP contribution in [-0.2, 0) is 112 Å². The second kappa shape index (κ2) is 51.8. The molecule has 0 spiro atoms. The van der Waals surface area contributed by atoms with E-state index >= 15 is 33.6 Å². The summed E-state index contributed by atoms with van der Waals surface area (Å²) in [5.74, 6) is -20.5. The van der Waals surface area contributed by atoms with Crippen molar-refractivity contribution in [1.82, 2.24) is 92.3 Å². The number of carboxylic acid groups (broad SMARTS) is 1. The number of carboxylic acids is 1. The highest BCUT2D eigenvalue weighted by Gasteiger charge is 2.46. The van der Waals surface area contributed by atoms with E-state index in [1.807, 2.05) is 13.8 Å². The second-order valence-electron chi connectivity index (χ2n) is 34.5. The number of amides is 16. The number of aliphatic hydroxyl groups is 1. The Morgan fingerprint density at radius 2 is 1.14 bits per heavy atom. The summed E-state index contributed by atoms with van der Waals surface area (Å²) in [4.78, 5) is 281. The number of aliphatic carboxylic acids is 1. The monoisotopic (exact) mass is 1900 g/mol. The summed E-state index contributed by atoms with van der Waals surface area (Å²) in [6, 6.07) is 0.873. The van der Waals surface area contributed by atoms with Crippen molar-refractivity contribution in [3.63, 3.8) is 0 Å². The number of hydrogen-bond donors (Lipinski definition) is 19. The van der Waals surface area contributed by atoms with Crippen molar-refractivity contribution in [3.05, 3.63) is 120 Å². The van der Waals surface area contributed by atoms with E-state index in [1.165, 1.54) is 74.7 Å². The molecule has 14 atom stereocenters. The number of nitrogens with zero attached hydrogens (tertiary/aromatic N) is 6. The first-order chi connectivity index (χ1) is 64.2. The molecule has 5 heterocycles. The molecule has 734 valence electrons. The Balaban J connectivity index is 1.21. The molecule has 2 saturated heterocycles. The largest absolute Gasteiger partial charge is 0.508 e. The Hall–Kier alpha value is -13.4. The molecule has 2 fully saturated rings. The minimum absolute atomic E-state index is 0.0253. The van der Waals surface area contributed by atoms with Crippen LogP contribution in [0.4, 0.5) is 0 Å². The highest BCUT2D eigenvalue weighted by molar-refractivity contribution is 8.00. The number of phenols is 1. The topological polar surface area (TPSA) is 657 Å². The average molecular weight is 1900 g/mol. The van der Waals surface area contributed by atoms with Crippen molar-refractivity contribution < 1.29 is 102 Å². The molecule has 0 unspecified atom stereocenters. The predicted molar refractivity (Wildman–Crippen MR) is 496 cm³/mol. The Morgan fingerprint density at radius 3 is 1.74 bits per heavy atom. The molecule has 44 heteroatoms. The SMILES string of the molecule is CCCC[C@H]1C(=O)N(C)[C@@H](CCCC)C(=O)N[C@@H](CC(C)C)C(=O)N[C@H](C(=O)NCC(N)=O)CSCC(=O)N[C@@H](Cc2ccc(O)cc2)C(=O)N(C)[C@@H](C)C(=O)N[C@@H](CC(N)=O)C(=O)N(CCN)CC(=O)N[C@@H](Cc2cnc[nH]2)C(=O)N[C@@H](CCC(=O)O)C(=O)N2C[C@H](O)C[C@H]2C(=O)C[C@@H](Cc2c[nH]c3ccccc23)C(=O)N[C@@H](CCN)C(=O)N[C@@H](Cc2c[nH]c3ccccc23)C(=O)N1C. The van der Waals surface area contributed by atoms with Crippen LogP contribution in [0.2, 0.25) is 0 Å². The van der Waals surface area contributed by atoms with Gasteiger partial charge >= 0.3 is 5.97 Å². The first kappa shape index (κ1) is 107. The standard InChI is InChI=1S/C91H128N22O21S/c1-9-11-21-71-86(129)105-65(33-50(3)4)84(127)108-70(82(125)99-44-76(95)118)47-135-48-78(120)102-67(34-52-23-25-57(114)26-24-52)87(130)109(6)51(5)80(123)106-69(40-75(94)117)89(132)112(32-31-93)46-77(119)101-66(38-56-43-96-49-100-56)85(128)104-64(27-28-79(121)122)90(133)113-45-58(115)39-73(113)74(116)37-53(35-54-41-97-61-19-15-13-17-59(54)61)81(124)103-63(29-30-92)83(126)107-68(36-55-42-98-62-20-16-14-18-60(55)62)88(131)111(8)72(22-12-10-2)91(134)110(71)7/h13-20,23-26,41-43,49-51,53,58,63-73,97-98,114-115H,9-12,21-22,27-40,44-48,92-93H2,1-8H3,(H2,94,117)(H2,95,118)(H,96,100)(H,99,125)(H,101,119)(H,102,120)(H,103,124)(H,104,128)(H,105,129)(H,106,123)(H,107,126)(H,108,127)(H,121,122)/t51-,53+,58+,63-,64-,65-,66-,67-,68-,69-,70-,71-,72-,73-/m0/s1. The fourth-order valence-corrected chi connectivity index (χ4v) is 17.2. The normalized spacial score (nSPS) is 23.9. The Labute approximate surface area is 784 Å². The summed E-state index contributed by atoms with van der Waals surface area (Å²) in [5.41, 5.74) is 26.3. The van der Waals surface area contributed by atoms with Crippen LogP contribution in [0.25, 0.3) is 21.8 Å². The summed E-state index contributed by atoms with van der Waals surface area (Å²) in [6.07, 6.45) is 1.29. The van der Waals surface area contributed by atoms with Crippen LogP contribution in [0, 0.1) is 11.8 Å². The number of fused-ring (bicyclic) bond motifs is 3. The molecule has 135 heavy (non-hydrogen) atoms. The van der Waals surface area contributed by atoms with Crippen LogP contribution in [0.5, 0.6) is 5.75 Å². The third kappa shape index (κ3) is 31.1. The second-order valence-corrected chi connectivity index (χ2v) is 35.6. The van der Waals surface area contributed by atoms with Crippen molar-refractivity contribution in [2.24, 2.45) is 34.8 Å².